The number of ether oxygens (including phenoxy) is 2. The number of hydrogen-bond donors (Lipinski definition) is 2. The first-order valence-electron chi connectivity index (χ1n) is 12.6. The molecular formula is C30H27N3O5. The summed E-state index contributed by atoms with van der Waals surface area (Å²) in [6.07, 6.45) is 2.74. The van der Waals surface area contributed by atoms with Gasteiger partial charge in [0.05, 0.1) is 11.1 Å². The number of hydrogen-bond acceptors (Lipinski definition) is 5. The van der Waals surface area contributed by atoms with Crippen molar-refractivity contribution in [2.24, 2.45) is 0 Å². The third kappa shape index (κ3) is 4.62. The lowest BCUT2D eigenvalue weighted by Crippen LogP contribution is -2.47. The second-order valence-corrected chi connectivity index (χ2v) is 9.47. The molecule has 2 aliphatic rings. The van der Waals surface area contributed by atoms with Crippen molar-refractivity contribution < 1.29 is 24.2 Å². The van der Waals surface area contributed by atoms with Crippen molar-refractivity contribution in [1.29, 1.82) is 0 Å². The number of nitrogens with zero attached hydrogens (tertiary/aromatic N) is 2. The van der Waals surface area contributed by atoms with Crippen LogP contribution in [-0.4, -0.2) is 57.9 Å². The van der Waals surface area contributed by atoms with Crippen molar-refractivity contribution in [3.8, 4) is 11.5 Å². The summed E-state index contributed by atoms with van der Waals surface area (Å²) in [6.45, 7) is 2.88. The van der Waals surface area contributed by atoms with Gasteiger partial charge in [0.15, 0.2) is 5.76 Å². The molecule has 2 aliphatic heterocycles. The van der Waals surface area contributed by atoms with E-state index in [2.05, 4.69) is 9.88 Å². The molecule has 8 nitrogen and oxygen atoms in total. The van der Waals surface area contributed by atoms with E-state index in [1.807, 2.05) is 66.9 Å². The van der Waals surface area contributed by atoms with Gasteiger partial charge in [0, 0.05) is 55.4 Å². The molecule has 0 bridgehead atoms. The van der Waals surface area contributed by atoms with Crippen LogP contribution in [-0.2, 0) is 13.2 Å². The largest absolute Gasteiger partial charge is 0.488 e. The number of amides is 1. The van der Waals surface area contributed by atoms with Gasteiger partial charge in [-0.25, -0.2) is 4.79 Å². The Labute approximate surface area is 219 Å². The number of carboxylic acid groups (broad SMARTS) is 1. The highest BCUT2D eigenvalue weighted by Crippen LogP contribution is 2.41. The summed E-state index contributed by atoms with van der Waals surface area (Å²) in [7, 11) is 0. The third-order valence-electron chi connectivity index (χ3n) is 7.07. The number of Topliss-reactive ketones (excluding diaryl/α,β-unsaturated/α-hetero) is 1. The SMILES string of the molecule is O=C1/C(=C/c2c[nH]c3ccccc23)Oc2c1ccc(OCc1ccccc1)c2CN1CCN(C(=O)O)CC1. The molecule has 0 spiro atoms. The molecule has 1 aromatic heterocycles. The molecule has 4 aromatic rings. The standard InChI is InChI=1S/C30H27N3O5/c34-28-23-10-11-26(37-19-20-6-2-1-3-7-20)24(18-32-12-14-33(15-13-32)30(35)36)29(23)38-27(28)16-21-17-31-25-9-5-4-8-22(21)25/h1-11,16-17,31H,12-15,18-19H2,(H,35,36)/b27-16-. The minimum Gasteiger partial charge on any atom is -0.488 e. The van der Waals surface area contributed by atoms with Crippen LogP contribution in [0.3, 0.4) is 0 Å². The van der Waals surface area contributed by atoms with Gasteiger partial charge in [0.25, 0.3) is 0 Å². The van der Waals surface area contributed by atoms with Gasteiger partial charge in [-0.1, -0.05) is 48.5 Å². The lowest BCUT2D eigenvalue weighted by molar-refractivity contribution is 0.101. The number of carbonyl (C=O) groups excluding carboxylic acids is 1. The number of fused-ring (bicyclic) bond motifs is 2. The Morgan fingerprint density at radius 1 is 1.00 bits per heavy atom. The maximum Gasteiger partial charge on any atom is 0.407 e. The minimum atomic E-state index is -0.905. The average Bonchev–Trinajstić information content (AvgIpc) is 3.50. The highest BCUT2D eigenvalue weighted by atomic mass is 16.5. The molecule has 1 amide bonds. The van der Waals surface area contributed by atoms with Gasteiger partial charge in [-0.2, -0.15) is 0 Å². The number of aromatic amines is 1. The highest BCUT2D eigenvalue weighted by Gasteiger charge is 2.33. The first-order chi connectivity index (χ1) is 18.6. The highest BCUT2D eigenvalue weighted by molar-refractivity contribution is 6.15. The first kappa shape index (κ1) is 23.8. The Morgan fingerprint density at radius 2 is 1.76 bits per heavy atom. The first-order valence-corrected chi connectivity index (χ1v) is 12.6. The second kappa shape index (κ2) is 10.1. The van der Waals surface area contributed by atoms with E-state index in [1.165, 1.54) is 4.90 Å². The molecule has 0 atom stereocenters. The van der Waals surface area contributed by atoms with Crippen molar-refractivity contribution in [1.82, 2.24) is 14.8 Å². The molecule has 0 radical (unpaired) electrons. The van der Waals surface area contributed by atoms with Gasteiger partial charge >= 0.3 is 6.09 Å². The van der Waals surface area contributed by atoms with Crippen LogP contribution in [0.4, 0.5) is 4.79 Å². The van der Waals surface area contributed by atoms with E-state index in [-0.39, 0.29) is 11.5 Å². The Kier molecular flexibility index (Phi) is 6.31. The van der Waals surface area contributed by atoms with Gasteiger partial charge < -0.3 is 24.5 Å². The number of ketones is 1. The number of nitrogens with one attached hydrogen (secondary N) is 1. The van der Waals surface area contributed by atoms with E-state index in [9.17, 15) is 14.7 Å². The van der Waals surface area contributed by atoms with Crippen molar-refractivity contribution >= 4 is 28.9 Å². The number of para-hydroxylation sites is 1. The number of piperazine rings is 1. The lowest BCUT2D eigenvalue weighted by atomic mass is 10.0. The Bertz CT molecular complexity index is 1530. The predicted octanol–water partition coefficient (Wildman–Crippen LogP) is 5.16. The van der Waals surface area contributed by atoms with E-state index >= 15 is 0 Å². The average molecular weight is 510 g/mol. The minimum absolute atomic E-state index is 0.170. The third-order valence-corrected chi connectivity index (χ3v) is 7.07. The fourth-order valence-corrected chi connectivity index (χ4v) is 4.98. The topological polar surface area (TPSA) is 95.1 Å². The number of allylic oxidation sites excluding steroid dienone is 1. The molecule has 0 unspecified atom stereocenters. The van der Waals surface area contributed by atoms with Crippen LogP contribution in [0.2, 0.25) is 0 Å². The molecule has 3 aromatic carbocycles. The summed E-state index contributed by atoms with van der Waals surface area (Å²) in [4.78, 5) is 31.6. The normalized spacial score (nSPS) is 16.6. The zero-order chi connectivity index (χ0) is 26.1. The van der Waals surface area contributed by atoms with Crippen LogP contribution in [0.15, 0.2) is 78.7 Å². The van der Waals surface area contributed by atoms with Crippen molar-refractivity contribution in [2.75, 3.05) is 26.2 Å². The van der Waals surface area contributed by atoms with Crippen molar-refractivity contribution in [3.63, 3.8) is 0 Å². The van der Waals surface area contributed by atoms with E-state index in [4.69, 9.17) is 9.47 Å². The number of benzene rings is 3. The summed E-state index contributed by atoms with van der Waals surface area (Å²) in [5.74, 6) is 1.25. The molecule has 1 fully saturated rings. The fourth-order valence-electron chi connectivity index (χ4n) is 4.98. The van der Waals surface area contributed by atoms with Crippen LogP contribution in [0, 0.1) is 0 Å². The van der Waals surface area contributed by atoms with Crippen LogP contribution in [0.1, 0.15) is 27.0 Å². The molecule has 8 heteroatoms. The van der Waals surface area contributed by atoms with Gasteiger partial charge in [-0.15, -0.1) is 0 Å². The molecule has 0 saturated carbocycles. The van der Waals surface area contributed by atoms with Gasteiger partial charge in [0.2, 0.25) is 5.78 Å². The zero-order valence-corrected chi connectivity index (χ0v) is 20.7. The molecular weight excluding hydrogens is 482 g/mol. The molecule has 192 valence electrons. The van der Waals surface area contributed by atoms with E-state index in [0.717, 1.165) is 27.6 Å². The number of aromatic nitrogens is 1. The molecule has 38 heavy (non-hydrogen) atoms. The molecule has 3 heterocycles. The van der Waals surface area contributed by atoms with E-state index in [1.54, 1.807) is 12.1 Å². The quantitative estimate of drug-likeness (QED) is 0.349. The maximum atomic E-state index is 13.4. The van der Waals surface area contributed by atoms with Crippen LogP contribution in [0.25, 0.3) is 17.0 Å². The maximum absolute atomic E-state index is 13.4. The summed E-state index contributed by atoms with van der Waals surface area (Å²) in [5, 5.41) is 10.3. The van der Waals surface area contributed by atoms with Gasteiger partial charge in [0.1, 0.15) is 18.1 Å². The second-order valence-electron chi connectivity index (χ2n) is 9.47. The lowest BCUT2D eigenvalue weighted by Gasteiger charge is -2.33. The van der Waals surface area contributed by atoms with Gasteiger partial charge in [-0.05, 0) is 29.8 Å². The summed E-state index contributed by atoms with van der Waals surface area (Å²) in [5.41, 5.74) is 4.19. The number of H-pyrrole nitrogens is 1. The van der Waals surface area contributed by atoms with E-state index in [0.29, 0.717) is 56.4 Å². The van der Waals surface area contributed by atoms with Crippen LogP contribution < -0.4 is 9.47 Å². The fraction of sp³-hybridized carbons (Fsp3) is 0.200. The Morgan fingerprint density at radius 3 is 2.55 bits per heavy atom. The molecule has 1 saturated heterocycles. The van der Waals surface area contributed by atoms with Crippen molar-refractivity contribution in [3.05, 3.63) is 101 Å². The van der Waals surface area contributed by atoms with Gasteiger partial charge in [-0.3, -0.25) is 9.69 Å². The molecule has 2 N–H and O–H groups in total. The Balaban J connectivity index is 1.32. The summed E-state index contributed by atoms with van der Waals surface area (Å²) >= 11 is 0. The monoisotopic (exact) mass is 509 g/mol. The van der Waals surface area contributed by atoms with Crippen molar-refractivity contribution in [2.45, 2.75) is 13.2 Å². The molecule has 0 aliphatic carbocycles. The van der Waals surface area contributed by atoms with Crippen LogP contribution in [0.5, 0.6) is 11.5 Å². The number of carbonyl (C=O) groups is 2. The smallest absolute Gasteiger partial charge is 0.407 e. The predicted molar refractivity (Wildman–Crippen MR) is 143 cm³/mol. The van der Waals surface area contributed by atoms with E-state index < -0.39 is 6.09 Å². The number of rotatable bonds is 6. The summed E-state index contributed by atoms with van der Waals surface area (Å²) < 4.78 is 12.5. The Hall–Kier alpha value is -4.56. The summed E-state index contributed by atoms with van der Waals surface area (Å²) in [6, 6.07) is 21.4. The zero-order valence-electron chi connectivity index (χ0n) is 20.7. The van der Waals surface area contributed by atoms with Crippen LogP contribution >= 0.6 is 0 Å². The molecule has 6 rings (SSSR count).